The molecule has 0 saturated heterocycles. The van der Waals surface area contributed by atoms with Crippen molar-refractivity contribution in [3.8, 4) is 0 Å². The Morgan fingerprint density at radius 2 is 2.00 bits per heavy atom. The van der Waals surface area contributed by atoms with Crippen LogP contribution < -0.4 is 0 Å². The first-order chi connectivity index (χ1) is 11.6. The van der Waals surface area contributed by atoms with Gasteiger partial charge in [-0.1, -0.05) is 18.2 Å². The summed E-state index contributed by atoms with van der Waals surface area (Å²) in [7, 11) is 0. The predicted octanol–water partition coefficient (Wildman–Crippen LogP) is 3.15. The third-order valence-corrected chi connectivity index (χ3v) is 4.77. The van der Waals surface area contributed by atoms with E-state index in [1.54, 1.807) is 12.4 Å². The number of fused-ring (bicyclic) bond motifs is 1. The second-order valence-electron chi connectivity index (χ2n) is 6.24. The zero-order valence-corrected chi connectivity index (χ0v) is 14.2. The summed E-state index contributed by atoms with van der Waals surface area (Å²) in [5.74, 6) is -0.184. The van der Waals surface area contributed by atoms with Gasteiger partial charge in [-0.25, -0.2) is 0 Å². The van der Waals surface area contributed by atoms with Gasteiger partial charge >= 0.3 is 0 Å². The number of hydrogen-bond acceptors (Lipinski definition) is 3. The van der Waals surface area contributed by atoms with Crippen LogP contribution in [0.4, 0.5) is 0 Å². The molecule has 24 heavy (non-hydrogen) atoms. The fourth-order valence-electron chi connectivity index (χ4n) is 3.45. The molecule has 0 N–H and O–H groups in total. The minimum atomic E-state index is -0.328. The van der Waals surface area contributed by atoms with Crippen LogP contribution in [-0.2, 0) is 11.2 Å². The number of pyridine rings is 1. The van der Waals surface area contributed by atoms with Gasteiger partial charge in [0.05, 0.1) is 5.92 Å². The molecular formula is C20H22N2O2. The van der Waals surface area contributed by atoms with Gasteiger partial charge in [0.1, 0.15) is 0 Å². The van der Waals surface area contributed by atoms with Crippen LogP contribution in [0.5, 0.6) is 0 Å². The Morgan fingerprint density at radius 3 is 2.71 bits per heavy atom. The number of carbonyl (C=O) groups is 2. The van der Waals surface area contributed by atoms with Gasteiger partial charge in [-0.15, -0.1) is 0 Å². The molecule has 1 aromatic carbocycles. The van der Waals surface area contributed by atoms with Crippen molar-refractivity contribution in [2.75, 3.05) is 13.1 Å². The highest BCUT2D eigenvalue weighted by atomic mass is 16.2. The number of aromatic nitrogens is 1. The Bertz CT molecular complexity index is 755. The summed E-state index contributed by atoms with van der Waals surface area (Å²) >= 11 is 0. The van der Waals surface area contributed by atoms with E-state index >= 15 is 0 Å². The molecular weight excluding hydrogens is 300 g/mol. The van der Waals surface area contributed by atoms with Gasteiger partial charge in [0.15, 0.2) is 5.78 Å². The maximum atomic E-state index is 13.0. The minimum absolute atomic E-state index is 0.0629. The number of hydrogen-bond donors (Lipinski definition) is 0. The van der Waals surface area contributed by atoms with Crippen LogP contribution in [0.2, 0.25) is 0 Å². The second-order valence-corrected chi connectivity index (χ2v) is 6.24. The van der Waals surface area contributed by atoms with Crippen molar-refractivity contribution >= 4 is 11.7 Å². The van der Waals surface area contributed by atoms with Crippen LogP contribution in [0, 0.1) is 6.92 Å². The fraction of sp³-hybridized carbons (Fsp3) is 0.350. The van der Waals surface area contributed by atoms with E-state index in [1.165, 1.54) is 0 Å². The molecule has 0 spiro atoms. The lowest BCUT2D eigenvalue weighted by Gasteiger charge is -2.25. The number of carbonyl (C=O) groups excluding carboxylic acids is 2. The lowest BCUT2D eigenvalue weighted by atomic mass is 9.95. The summed E-state index contributed by atoms with van der Waals surface area (Å²) in [5.41, 5.74) is 3.84. The quantitative estimate of drug-likeness (QED) is 0.849. The molecule has 124 valence electrons. The summed E-state index contributed by atoms with van der Waals surface area (Å²) in [6.07, 6.45) is 4.62. The number of rotatable bonds is 5. The van der Waals surface area contributed by atoms with Crippen LogP contribution in [0.15, 0.2) is 42.7 Å². The molecule has 1 aromatic heterocycles. The Morgan fingerprint density at radius 1 is 1.25 bits per heavy atom. The molecule has 1 unspecified atom stereocenters. The summed E-state index contributed by atoms with van der Waals surface area (Å²) in [5, 5.41) is 0. The standard InChI is InChI=1S/C20H22N2O2/c1-3-22(12-9-15-7-10-21-11-8-15)20(24)17-13-18(23)16-6-4-5-14(2)19(16)17/h4-8,10-11,17H,3,9,12-13H2,1-2H3. The van der Waals surface area contributed by atoms with Gasteiger partial charge in [-0.05, 0) is 49.1 Å². The number of Topliss-reactive ketones (excluding diaryl/α,β-unsaturated/α-hetero) is 1. The molecule has 4 nitrogen and oxygen atoms in total. The van der Waals surface area contributed by atoms with E-state index in [0.29, 0.717) is 19.5 Å². The van der Waals surface area contributed by atoms with Crippen molar-refractivity contribution in [3.05, 3.63) is 65.0 Å². The highest BCUT2D eigenvalue weighted by Gasteiger charge is 2.37. The molecule has 4 heteroatoms. The van der Waals surface area contributed by atoms with Gasteiger partial charge in [0, 0.05) is 37.5 Å². The molecule has 1 amide bonds. The van der Waals surface area contributed by atoms with E-state index in [0.717, 1.165) is 28.7 Å². The number of nitrogens with zero attached hydrogens (tertiary/aromatic N) is 2. The number of benzene rings is 1. The molecule has 0 saturated carbocycles. The van der Waals surface area contributed by atoms with Gasteiger partial charge in [0.2, 0.25) is 5.91 Å². The summed E-state index contributed by atoms with van der Waals surface area (Å²) in [6.45, 7) is 5.27. The number of aryl methyl sites for hydroxylation is 1. The van der Waals surface area contributed by atoms with Crippen molar-refractivity contribution < 1.29 is 9.59 Å². The zero-order valence-electron chi connectivity index (χ0n) is 14.2. The predicted molar refractivity (Wildman–Crippen MR) is 93.1 cm³/mol. The minimum Gasteiger partial charge on any atom is -0.342 e. The Balaban J connectivity index is 1.77. The van der Waals surface area contributed by atoms with Crippen molar-refractivity contribution in [1.29, 1.82) is 0 Å². The van der Waals surface area contributed by atoms with Crippen molar-refractivity contribution in [1.82, 2.24) is 9.88 Å². The first kappa shape index (κ1) is 16.4. The third-order valence-electron chi connectivity index (χ3n) is 4.77. The van der Waals surface area contributed by atoms with E-state index in [2.05, 4.69) is 4.98 Å². The molecule has 0 bridgehead atoms. The Labute approximate surface area is 142 Å². The largest absolute Gasteiger partial charge is 0.342 e. The van der Waals surface area contributed by atoms with Crippen LogP contribution >= 0.6 is 0 Å². The molecule has 1 heterocycles. The van der Waals surface area contributed by atoms with Crippen molar-refractivity contribution in [2.45, 2.75) is 32.6 Å². The lowest BCUT2D eigenvalue weighted by Crippen LogP contribution is -2.36. The average Bonchev–Trinajstić information content (AvgIpc) is 2.94. The number of ketones is 1. The maximum absolute atomic E-state index is 13.0. The maximum Gasteiger partial charge on any atom is 0.230 e. The van der Waals surface area contributed by atoms with Crippen molar-refractivity contribution in [3.63, 3.8) is 0 Å². The average molecular weight is 322 g/mol. The second kappa shape index (κ2) is 6.95. The summed E-state index contributed by atoms with van der Waals surface area (Å²) in [6, 6.07) is 9.64. The number of likely N-dealkylation sites (N-methyl/N-ethyl adjacent to an activating group) is 1. The Hall–Kier alpha value is -2.49. The van der Waals surface area contributed by atoms with E-state index in [-0.39, 0.29) is 17.6 Å². The Kier molecular flexibility index (Phi) is 4.74. The first-order valence-corrected chi connectivity index (χ1v) is 8.42. The smallest absolute Gasteiger partial charge is 0.230 e. The molecule has 2 aromatic rings. The molecule has 3 rings (SSSR count). The molecule has 0 fully saturated rings. The van der Waals surface area contributed by atoms with Gasteiger partial charge < -0.3 is 4.90 Å². The van der Waals surface area contributed by atoms with Crippen LogP contribution in [0.25, 0.3) is 0 Å². The van der Waals surface area contributed by atoms with E-state index < -0.39 is 0 Å². The SMILES string of the molecule is CCN(CCc1ccncc1)C(=O)C1CC(=O)c2cccc(C)c21. The van der Waals surface area contributed by atoms with Gasteiger partial charge in [-0.3, -0.25) is 14.6 Å². The summed E-state index contributed by atoms with van der Waals surface area (Å²) in [4.78, 5) is 31.1. The van der Waals surface area contributed by atoms with Crippen LogP contribution in [0.3, 0.4) is 0 Å². The first-order valence-electron chi connectivity index (χ1n) is 8.42. The van der Waals surface area contributed by atoms with Crippen LogP contribution in [0.1, 0.15) is 46.3 Å². The monoisotopic (exact) mass is 322 g/mol. The van der Waals surface area contributed by atoms with E-state index in [1.807, 2.05) is 49.1 Å². The normalized spacial score (nSPS) is 16.1. The van der Waals surface area contributed by atoms with E-state index in [9.17, 15) is 9.59 Å². The third kappa shape index (κ3) is 3.09. The van der Waals surface area contributed by atoms with E-state index in [4.69, 9.17) is 0 Å². The molecule has 0 aliphatic heterocycles. The molecule has 0 radical (unpaired) electrons. The topological polar surface area (TPSA) is 50.3 Å². The lowest BCUT2D eigenvalue weighted by molar-refractivity contribution is -0.132. The number of amides is 1. The zero-order chi connectivity index (χ0) is 17.1. The molecule has 1 atom stereocenters. The highest BCUT2D eigenvalue weighted by Crippen LogP contribution is 2.36. The van der Waals surface area contributed by atoms with Gasteiger partial charge in [-0.2, -0.15) is 0 Å². The van der Waals surface area contributed by atoms with Crippen LogP contribution in [-0.4, -0.2) is 34.7 Å². The molecule has 1 aliphatic carbocycles. The van der Waals surface area contributed by atoms with Crippen molar-refractivity contribution in [2.24, 2.45) is 0 Å². The van der Waals surface area contributed by atoms with Gasteiger partial charge in [0.25, 0.3) is 0 Å². The highest BCUT2D eigenvalue weighted by molar-refractivity contribution is 6.07. The fourth-order valence-corrected chi connectivity index (χ4v) is 3.45. The molecule has 1 aliphatic rings. The summed E-state index contributed by atoms with van der Waals surface area (Å²) < 4.78 is 0.